The zero-order valence-electron chi connectivity index (χ0n) is 16.1. The Kier molecular flexibility index (Phi) is 6.30. The molecule has 0 aliphatic carbocycles. The Bertz CT molecular complexity index is 1000. The third-order valence-electron chi connectivity index (χ3n) is 4.63. The van der Waals surface area contributed by atoms with Crippen molar-refractivity contribution in [3.05, 3.63) is 63.2 Å². The lowest BCUT2D eigenvalue weighted by Gasteiger charge is -2.30. The molecule has 0 atom stereocenters. The van der Waals surface area contributed by atoms with Crippen LogP contribution in [0, 0.1) is 10.1 Å². The van der Waals surface area contributed by atoms with Gasteiger partial charge in [-0.2, -0.15) is 26.3 Å². The Hall–Kier alpha value is -3.35. The van der Waals surface area contributed by atoms with E-state index in [-0.39, 0.29) is 17.3 Å². The fourth-order valence-corrected chi connectivity index (χ4v) is 3.12. The highest BCUT2D eigenvalue weighted by atomic mass is 19.4. The molecular formula is C19H15F6N3O4. The first-order valence-corrected chi connectivity index (χ1v) is 9.08. The fourth-order valence-electron chi connectivity index (χ4n) is 3.12. The third-order valence-corrected chi connectivity index (χ3v) is 4.63. The van der Waals surface area contributed by atoms with Crippen LogP contribution < -0.4 is 10.2 Å². The van der Waals surface area contributed by atoms with Crippen molar-refractivity contribution in [3.8, 4) is 0 Å². The molecule has 0 aromatic heterocycles. The van der Waals surface area contributed by atoms with Gasteiger partial charge in [0, 0.05) is 30.9 Å². The number of carbonyl (C=O) groups is 1. The summed E-state index contributed by atoms with van der Waals surface area (Å²) in [5.41, 5.74) is -4.46. The Morgan fingerprint density at radius 2 is 1.53 bits per heavy atom. The Morgan fingerprint density at radius 3 is 2.03 bits per heavy atom. The van der Waals surface area contributed by atoms with Crippen LogP contribution in [0.25, 0.3) is 0 Å². The Morgan fingerprint density at radius 1 is 0.969 bits per heavy atom. The second kappa shape index (κ2) is 8.65. The second-order valence-electron chi connectivity index (χ2n) is 6.81. The molecule has 2 aromatic carbocycles. The molecule has 1 aliphatic heterocycles. The highest BCUT2D eigenvalue weighted by Crippen LogP contribution is 2.38. The maximum atomic E-state index is 13.1. The predicted molar refractivity (Wildman–Crippen MR) is 101 cm³/mol. The summed E-state index contributed by atoms with van der Waals surface area (Å²) in [6.45, 7) is 1.28. The maximum Gasteiger partial charge on any atom is 0.416 e. The van der Waals surface area contributed by atoms with Crippen LogP contribution in [0.5, 0.6) is 0 Å². The van der Waals surface area contributed by atoms with Crippen molar-refractivity contribution >= 4 is 23.0 Å². The monoisotopic (exact) mass is 463 g/mol. The van der Waals surface area contributed by atoms with Gasteiger partial charge in [-0.3, -0.25) is 14.9 Å². The number of nitro groups is 1. The van der Waals surface area contributed by atoms with Crippen molar-refractivity contribution in [2.24, 2.45) is 0 Å². The number of nitrogens with zero attached hydrogens (tertiary/aromatic N) is 2. The topological polar surface area (TPSA) is 84.7 Å². The average Bonchev–Trinajstić information content (AvgIpc) is 2.72. The molecule has 1 fully saturated rings. The lowest BCUT2D eigenvalue weighted by molar-refractivity contribution is -0.384. The van der Waals surface area contributed by atoms with E-state index in [1.165, 1.54) is 6.07 Å². The van der Waals surface area contributed by atoms with Crippen LogP contribution in [-0.4, -0.2) is 37.1 Å². The summed E-state index contributed by atoms with van der Waals surface area (Å²) < 4.78 is 83.6. The van der Waals surface area contributed by atoms with Crippen molar-refractivity contribution in [2.45, 2.75) is 12.4 Å². The number of ether oxygens (including phenoxy) is 1. The van der Waals surface area contributed by atoms with E-state index in [9.17, 15) is 41.3 Å². The maximum absolute atomic E-state index is 13.1. The molecule has 0 saturated carbocycles. The van der Waals surface area contributed by atoms with Gasteiger partial charge in [0.15, 0.2) is 0 Å². The molecule has 7 nitrogen and oxygen atoms in total. The van der Waals surface area contributed by atoms with Crippen molar-refractivity contribution < 1.29 is 40.8 Å². The molecule has 13 heteroatoms. The van der Waals surface area contributed by atoms with Crippen LogP contribution in [0.3, 0.4) is 0 Å². The molecule has 32 heavy (non-hydrogen) atoms. The number of nitro benzene ring substituents is 1. The fraction of sp³-hybridized carbons (Fsp3) is 0.316. The van der Waals surface area contributed by atoms with E-state index in [0.717, 1.165) is 12.1 Å². The van der Waals surface area contributed by atoms with E-state index in [0.29, 0.717) is 38.4 Å². The second-order valence-corrected chi connectivity index (χ2v) is 6.81. The lowest BCUT2D eigenvalue weighted by Crippen LogP contribution is -2.37. The number of non-ortho nitro benzene ring substituents is 1. The van der Waals surface area contributed by atoms with Crippen molar-refractivity contribution in [2.75, 3.05) is 36.5 Å². The number of alkyl halides is 6. The largest absolute Gasteiger partial charge is 0.416 e. The summed E-state index contributed by atoms with van der Waals surface area (Å²) in [4.78, 5) is 24.8. The number of nitrogens with one attached hydrogen (secondary N) is 1. The first kappa shape index (κ1) is 23.3. The minimum atomic E-state index is -5.09. The first-order chi connectivity index (χ1) is 14.9. The van der Waals surface area contributed by atoms with Gasteiger partial charge >= 0.3 is 12.4 Å². The number of rotatable bonds is 4. The van der Waals surface area contributed by atoms with Gasteiger partial charge in [0.1, 0.15) is 0 Å². The zero-order chi connectivity index (χ0) is 23.7. The van der Waals surface area contributed by atoms with Gasteiger partial charge in [-0.1, -0.05) is 0 Å². The average molecular weight is 463 g/mol. The summed E-state index contributed by atoms with van der Waals surface area (Å²) in [6, 6.07) is 4.01. The van der Waals surface area contributed by atoms with Crippen LogP contribution in [0.1, 0.15) is 21.5 Å². The number of hydrogen-bond donors (Lipinski definition) is 1. The number of anilines is 2. The number of hydrogen-bond acceptors (Lipinski definition) is 5. The van der Waals surface area contributed by atoms with E-state index in [1.807, 2.05) is 5.32 Å². The molecule has 1 N–H and O–H groups in total. The first-order valence-electron chi connectivity index (χ1n) is 9.08. The van der Waals surface area contributed by atoms with Crippen LogP contribution in [-0.2, 0) is 17.1 Å². The summed E-state index contributed by atoms with van der Waals surface area (Å²) >= 11 is 0. The smallest absolute Gasteiger partial charge is 0.378 e. The molecule has 0 unspecified atom stereocenters. The summed E-state index contributed by atoms with van der Waals surface area (Å²) in [7, 11) is 0. The minimum absolute atomic E-state index is 0.0673. The summed E-state index contributed by atoms with van der Waals surface area (Å²) in [6.07, 6.45) is -10.2. The molecular weight excluding hydrogens is 448 g/mol. The quantitative estimate of drug-likeness (QED) is 0.403. The van der Waals surface area contributed by atoms with Crippen LogP contribution in [0.4, 0.5) is 43.4 Å². The molecule has 1 aliphatic rings. The molecule has 1 saturated heterocycles. The molecule has 3 rings (SSSR count). The molecule has 0 spiro atoms. The van der Waals surface area contributed by atoms with Crippen molar-refractivity contribution in [1.29, 1.82) is 0 Å². The van der Waals surface area contributed by atoms with E-state index >= 15 is 0 Å². The number of morpholine rings is 1. The number of benzene rings is 2. The Balaban J connectivity index is 2.02. The molecule has 1 amide bonds. The highest BCUT2D eigenvalue weighted by molar-refractivity contribution is 6.08. The van der Waals surface area contributed by atoms with Gasteiger partial charge in [0.25, 0.3) is 11.6 Å². The van der Waals surface area contributed by atoms with Crippen molar-refractivity contribution in [1.82, 2.24) is 0 Å². The number of halogens is 6. The predicted octanol–water partition coefficient (Wildman–Crippen LogP) is 4.72. The zero-order valence-corrected chi connectivity index (χ0v) is 16.1. The number of amides is 1. The van der Waals surface area contributed by atoms with Crippen LogP contribution >= 0.6 is 0 Å². The van der Waals surface area contributed by atoms with E-state index < -0.39 is 45.7 Å². The van der Waals surface area contributed by atoms with Gasteiger partial charge in [-0.15, -0.1) is 0 Å². The Labute approximate surface area is 176 Å². The van der Waals surface area contributed by atoms with Gasteiger partial charge in [-0.25, -0.2) is 0 Å². The highest BCUT2D eigenvalue weighted by Gasteiger charge is 2.37. The third kappa shape index (κ3) is 5.28. The van der Waals surface area contributed by atoms with Gasteiger partial charge in [-0.05, 0) is 24.3 Å². The van der Waals surface area contributed by atoms with Crippen LogP contribution in [0.2, 0.25) is 0 Å². The molecule has 172 valence electrons. The van der Waals surface area contributed by atoms with Gasteiger partial charge in [0.05, 0.1) is 40.5 Å². The minimum Gasteiger partial charge on any atom is -0.378 e. The van der Waals surface area contributed by atoms with Crippen molar-refractivity contribution in [3.63, 3.8) is 0 Å². The molecule has 2 aromatic rings. The normalized spacial score (nSPS) is 14.9. The van der Waals surface area contributed by atoms with Gasteiger partial charge in [0.2, 0.25) is 0 Å². The standard InChI is InChI=1S/C19H15F6N3O4/c20-18(21,22)11-7-12(19(23,24)25)9-13(8-11)26-17(29)15-10-14(28(30)31)1-2-16(15)27-3-5-32-6-4-27/h1-2,7-10H,3-6H2,(H,26,29). The molecule has 0 bridgehead atoms. The molecule has 1 heterocycles. The molecule has 0 radical (unpaired) electrons. The lowest BCUT2D eigenvalue weighted by atomic mass is 10.1. The van der Waals surface area contributed by atoms with Crippen LogP contribution in [0.15, 0.2) is 36.4 Å². The number of carbonyl (C=O) groups excluding carboxylic acids is 1. The summed E-state index contributed by atoms with van der Waals surface area (Å²) in [5, 5.41) is 13.1. The summed E-state index contributed by atoms with van der Waals surface area (Å²) in [5.74, 6) is -1.09. The van der Waals surface area contributed by atoms with E-state index in [1.54, 1.807) is 4.90 Å². The van der Waals surface area contributed by atoms with Gasteiger partial charge < -0.3 is 15.0 Å². The SMILES string of the molecule is O=C(Nc1cc(C(F)(F)F)cc(C(F)(F)F)c1)c1cc([N+](=O)[O-])ccc1N1CCOCC1. The van der Waals surface area contributed by atoms with E-state index in [4.69, 9.17) is 4.74 Å². The van der Waals surface area contributed by atoms with E-state index in [2.05, 4.69) is 0 Å².